The summed E-state index contributed by atoms with van der Waals surface area (Å²) < 4.78 is 5.72. The van der Waals surface area contributed by atoms with Gasteiger partial charge in [0.05, 0.1) is 0 Å². The average Bonchev–Trinajstić information content (AvgIpc) is 2.58. The van der Waals surface area contributed by atoms with Crippen molar-refractivity contribution in [1.82, 2.24) is 20.1 Å². The Morgan fingerprint density at radius 3 is 2.88 bits per heavy atom. The minimum atomic E-state index is -0.494. The number of hydrogen-bond donors (Lipinski definition) is 3. The summed E-state index contributed by atoms with van der Waals surface area (Å²) in [6, 6.07) is 8.05. The van der Waals surface area contributed by atoms with Gasteiger partial charge in [0.25, 0.3) is 0 Å². The quantitative estimate of drug-likeness (QED) is 0.590. The van der Waals surface area contributed by atoms with Gasteiger partial charge in [-0.05, 0) is 37.9 Å². The van der Waals surface area contributed by atoms with E-state index >= 15 is 0 Å². The molecule has 1 aromatic carbocycles. The molecule has 0 fully saturated rings. The number of rotatable bonds is 9. The van der Waals surface area contributed by atoms with Gasteiger partial charge < -0.3 is 20.3 Å². The van der Waals surface area contributed by atoms with Crippen molar-refractivity contribution in [3.05, 3.63) is 52.5 Å². The molecule has 0 saturated heterocycles. The van der Waals surface area contributed by atoms with Gasteiger partial charge in [-0.25, -0.2) is 9.89 Å². The molecular weight excluding hydrogens is 320 g/mol. The summed E-state index contributed by atoms with van der Waals surface area (Å²) in [6.45, 7) is 1.85. The second kappa shape index (κ2) is 9.43. The summed E-state index contributed by atoms with van der Waals surface area (Å²) in [5.74, 6) is 1.74. The van der Waals surface area contributed by atoms with E-state index in [1.807, 2.05) is 44.4 Å². The van der Waals surface area contributed by atoms with Crippen LogP contribution in [0, 0.1) is 0 Å². The molecule has 0 unspecified atom stereocenters. The van der Waals surface area contributed by atoms with E-state index in [9.17, 15) is 4.79 Å². The number of anilines is 2. The third-order valence-electron chi connectivity index (χ3n) is 3.24. The van der Waals surface area contributed by atoms with Gasteiger partial charge in [0.15, 0.2) is 11.6 Å². The van der Waals surface area contributed by atoms with Gasteiger partial charge in [-0.2, -0.15) is 4.98 Å². The second-order valence-electron chi connectivity index (χ2n) is 5.64. The van der Waals surface area contributed by atoms with Crippen molar-refractivity contribution in [2.75, 3.05) is 44.9 Å². The average molecular weight is 344 g/mol. The first kappa shape index (κ1) is 18.5. The molecule has 0 aliphatic rings. The van der Waals surface area contributed by atoms with E-state index in [4.69, 9.17) is 4.74 Å². The summed E-state index contributed by atoms with van der Waals surface area (Å²) in [6.07, 6.45) is 3.82. The van der Waals surface area contributed by atoms with Crippen LogP contribution in [0.2, 0.25) is 0 Å². The van der Waals surface area contributed by atoms with Crippen LogP contribution in [-0.4, -0.2) is 54.4 Å². The Hall–Kier alpha value is -2.87. The fraction of sp³-hybridized carbons (Fsp3) is 0.353. The van der Waals surface area contributed by atoms with Crippen molar-refractivity contribution >= 4 is 11.6 Å². The maximum absolute atomic E-state index is 11.2. The number of aromatic amines is 1. The number of nitrogens with zero attached hydrogens (tertiary/aromatic N) is 3. The van der Waals surface area contributed by atoms with Crippen molar-refractivity contribution in [2.24, 2.45) is 0 Å². The highest BCUT2D eigenvalue weighted by atomic mass is 16.5. The lowest BCUT2D eigenvalue weighted by molar-refractivity contribution is 0.359. The summed E-state index contributed by atoms with van der Waals surface area (Å²) >= 11 is 0. The fourth-order valence-electron chi connectivity index (χ4n) is 2.18. The van der Waals surface area contributed by atoms with E-state index < -0.39 is 5.69 Å². The third-order valence-corrected chi connectivity index (χ3v) is 3.24. The van der Waals surface area contributed by atoms with Crippen LogP contribution in [0.5, 0.6) is 5.75 Å². The molecule has 0 aliphatic heterocycles. The Balaban J connectivity index is 1.79. The van der Waals surface area contributed by atoms with Gasteiger partial charge >= 0.3 is 5.69 Å². The lowest BCUT2D eigenvalue weighted by atomic mass is 10.2. The van der Waals surface area contributed by atoms with E-state index in [2.05, 4.69) is 36.8 Å². The minimum absolute atomic E-state index is 0.410. The number of ether oxygens (including phenoxy) is 1. The molecule has 3 N–H and O–H groups in total. The number of nitrogens with one attached hydrogen (secondary N) is 3. The summed E-state index contributed by atoms with van der Waals surface area (Å²) in [7, 11) is 5.78. The van der Waals surface area contributed by atoms with Crippen LogP contribution in [0.25, 0.3) is 0 Å². The zero-order chi connectivity index (χ0) is 18.1. The molecule has 2 aromatic rings. The van der Waals surface area contributed by atoms with Gasteiger partial charge in [-0.1, -0.05) is 18.2 Å². The molecule has 25 heavy (non-hydrogen) atoms. The van der Waals surface area contributed by atoms with Gasteiger partial charge in [0, 0.05) is 20.1 Å². The first-order chi connectivity index (χ1) is 12.1. The number of hydrogen-bond acceptors (Lipinski definition) is 7. The Labute approximate surface area is 146 Å². The van der Waals surface area contributed by atoms with Crippen LogP contribution in [0.4, 0.5) is 11.6 Å². The Kier molecular flexibility index (Phi) is 6.97. The molecule has 2 rings (SSSR count). The van der Waals surface area contributed by atoms with Crippen LogP contribution >= 0.6 is 0 Å². The third kappa shape index (κ3) is 6.27. The van der Waals surface area contributed by atoms with Crippen molar-refractivity contribution in [3.63, 3.8) is 0 Å². The molecule has 0 saturated carbocycles. The van der Waals surface area contributed by atoms with Crippen molar-refractivity contribution in [3.8, 4) is 5.75 Å². The first-order valence-electron chi connectivity index (χ1n) is 7.98. The maximum Gasteiger partial charge on any atom is 0.363 e. The lowest BCUT2D eigenvalue weighted by Crippen LogP contribution is -2.17. The van der Waals surface area contributed by atoms with Crippen LogP contribution in [0.3, 0.4) is 0 Å². The minimum Gasteiger partial charge on any atom is -0.490 e. The predicted molar refractivity (Wildman–Crippen MR) is 99.2 cm³/mol. The van der Waals surface area contributed by atoms with E-state index in [0.29, 0.717) is 24.8 Å². The van der Waals surface area contributed by atoms with Crippen molar-refractivity contribution < 1.29 is 4.74 Å². The van der Waals surface area contributed by atoms with E-state index in [-0.39, 0.29) is 0 Å². The zero-order valence-electron chi connectivity index (χ0n) is 14.7. The summed E-state index contributed by atoms with van der Waals surface area (Å²) in [5, 5.41) is 12.0. The SMILES string of the molecule is CNc1n[nH]c(=O)nc1NC/C=C/COc1cccc(CN(C)C)c1. The smallest absolute Gasteiger partial charge is 0.363 e. The van der Waals surface area contributed by atoms with E-state index in [1.165, 1.54) is 5.56 Å². The van der Waals surface area contributed by atoms with Crippen molar-refractivity contribution in [1.29, 1.82) is 0 Å². The maximum atomic E-state index is 11.2. The predicted octanol–water partition coefficient (Wildman–Crippen LogP) is 1.32. The normalized spacial score (nSPS) is 11.0. The Morgan fingerprint density at radius 2 is 2.12 bits per heavy atom. The van der Waals surface area contributed by atoms with Gasteiger partial charge in [-0.15, -0.1) is 5.10 Å². The zero-order valence-corrected chi connectivity index (χ0v) is 14.7. The topological polar surface area (TPSA) is 95.2 Å². The molecule has 0 spiro atoms. The van der Waals surface area contributed by atoms with E-state index in [0.717, 1.165) is 12.3 Å². The monoisotopic (exact) mass is 344 g/mol. The standard InChI is InChI=1S/C17H24N6O2/c1-18-15-16(20-17(24)22-21-15)19-9-4-5-10-25-14-8-6-7-13(11-14)12-23(2)3/h4-8,11H,9-10,12H2,1-3H3,(H,18,21)(H2,19,20,22,24)/b5-4+. The van der Waals surface area contributed by atoms with Crippen LogP contribution in [0.15, 0.2) is 41.2 Å². The molecular formula is C17H24N6O2. The highest BCUT2D eigenvalue weighted by molar-refractivity contribution is 5.57. The first-order valence-corrected chi connectivity index (χ1v) is 7.98. The molecule has 8 heteroatoms. The van der Waals surface area contributed by atoms with Crippen molar-refractivity contribution in [2.45, 2.75) is 6.54 Å². The highest BCUT2D eigenvalue weighted by Crippen LogP contribution is 2.14. The molecule has 134 valence electrons. The molecule has 0 amide bonds. The summed E-state index contributed by atoms with van der Waals surface area (Å²) in [4.78, 5) is 17.1. The van der Waals surface area contributed by atoms with Gasteiger partial charge in [0.2, 0.25) is 0 Å². The Bertz CT molecular complexity index is 757. The molecule has 0 atom stereocenters. The molecule has 8 nitrogen and oxygen atoms in total. The lowest BCUT2D eigenvalue weighted by Gasteiger charge is -2.11. The number of H-pyrrole nitrogens is 1. The largest absolute Gasteiger partial charge is 0.490 e. The fourth-order valence-corrected chi connectivity index (χ4v) is 2.18. The molecule has 1 aromatic heterocycles. The second-order valence-corrected chi connectivity index (χ2v) is 5.64. The van der Waals surface area contributed by atoms with E-state index in [1.54, 1.807) is 7.05 Å². The summed E-state index contributed by atoms with van der Waals surface area (Å²) in [5.41, 5.74) is 0.715. The molecule has 0 aliphatic carbocycles. The van der Waals surface area contributed by atoms with Crippen LogP contribution < -0.4 is 21.1 Å². The highest BCUT2D eigenvalue weighted by Gasteiger charge is 2.03. The number of aromatic nitrogens is 3. The molecule has 0 bridgehead atoms. The molecule has 0 radical (unpaired) electrons. The molecule has 1 heterocycles. The van der Waals surface area contributed by atoms with Gasteiger partial charge in [0.1, 0.15) is 12.4 Å². The Morgan fingerprint density at radius 1 is 1.28 bits per heavy atom. The van der Waals surface area contributed by atoms with Crippen LogP contribution in [0.1, 0.15) is 5.56 Å². The van der Waals surface area contributed by atoms with Crippen LogP contribution in [-0.2, 0) is 6.54 Å². The van der Waals surface area contributed by atoms with Gasteiger partial charge in [-0.3, -0.25) is 0 Å². The number of benzene rings is 1.